The molecule has 140 valence electrons. The number of para-hydroxylation sites is 1. The van der Waals surface area contributed by atoms with E-state index in [1.807, 2.05) is 60.7 Å². The first-order valence-electron chi connectivity index (χ1n) is 9.33. The fourth-order valence-electron chi connectivity index (χ4n) is 3.26. The maximum Gasteiger partial charge on any atom is 0.143 e. The molecule has 0 unspecified atom stereocenters. The van der Waals surface area contributed by atoms with E-state index in [1.54, 1.807) is 17.7 Å². The van der Waals surface area contributed by atoms with Gasteiger partial charge in [-0.2, -0.15) is 0 Å². The quantitative estimate of drug-likeness (QED) is 0.342. The molecule has 29 heavy (non-hydrogen) atoms. The standard InChI is InChI=1S/C24H18N4S/c1-3-7-17(8-4-1)21-15-29-24-22(21)23(25-16-26-24)28-20-13-11-19(12-14-20)27-18-9-5-2-6-10-18/h1-16,27H,(H,25,26,28). The van der Waals surface area contributed by atoms with E-state index in [1.165, 1.54) is 5.56 Å². The molecule has 0 saturated heterocycles. The highest BCUT2D eigenvalue weighted by atomic mass is 32.1. The summed E-state index contributed by atoms with van der Waals surface area (Å²) >= 11 is 1.64. The predicted molar refractivity (Wildman–Crippen MR) is 122 cm³/mol. The second kappa shape index (κ2) is 7.73. The highest BCUT2D eigenvalue weighted by Gasteiger charge is 2.13. The average molecular weight is 395 g/mol. The van der Waals surface area contributed by atoms with Gasteiger partial charge in [0.25, 0.3) is 0 Å². The molecule has 5 rings (SSSR count). The molecule has 0 radical (unpaired) electrons. The summed E-state index contributed by atoms with van der Waals surface area (Å²) in [6.07, 6.45) is 1.61. The third kappa shape index (κ3) is 3.68. The Balaban J connectivity index is 1.44. The molecule has 4 nitrogen and oxygen atoms in total. The van der Waals surface area contributed by atoms with Gasteiger partial charge in [0.05, 0.1) is 5.39 Å². The molecule has 2 heterocycles. The van der Waals surface area contributed by atoms with Gasteiger partial charge in [0, 0.05) is 28.0 Å². The van der Waals surface area contributed by atoms with E-state index < -0.39 is 0 Å². The lowest BCUT2D eigenvalue weighted by Crippen LogP contribution is -1.96. The van der Waals surface area contributed by atoms with E-state index in [0.29, 0.717) is 0 Å². The van der Waals surface area contributed by atoms with Crippen molar-refractivity contribution in [2.45, 2.75) is 0 Å². The number of hydrogen-bond acceptors (Lipinski definition) is 5. The first-order chi connectivity index (χ1) is 14.4. The van der Waals surface area contributed by atoms with Crippen molar-refractivity contribution < 1.29 is 0 Å². The molecule has 0 aliphatic heterocycles. The number of aromatic nitrogens is 2. The van der Waals surface area contributed by atoms with Gasteiger partial charge in [-0.05, 0) is 42.0 Å². The smallest absolute Gasteiger partial charge is 0.143 e. The van der Waals surface area contributed by atoms with Crippen LogP contribution in [0.1, 0.15) is 0 Å². The van der Waals surface area contributed by atoms with Crippen molar-refractivity contribution in [3.8, 4) is 11.1 Å². The highest BCUT2D eigenvalue weighted by Crippen LogP contribution is 2.37. The van der Waals surface area contributed by atoms with E-state index in [-0.39, 0.29) is 0 Å². The van der Waals surface area contributed by atoms with Gasteiger partial charge in [-0.1, -0.05) is 48.5 Å². The molecule has 2 aromatic heterocycles. The molecule has 0 bridgehead atoms. The van der Waals surface area contributed by atoms with Gasteiger partial charge in [0.15, 0.2) is 0 Å². The number of fused-ring (bicyclic) bond motifs is 1. The monoisotopic (exact) mass is 394 g/mol. The van der Waals surface area contributed by atoms with E-state index in [9.17, 15) is 0 Å². The van der Waals surface area contributed by atoms with Gasteiger partial charge < -0.3 is 10.6 Å². The van der Waals surface area contributed by atoms with Crippen molar-refractivity contribution in [1.82, 2.24) is 9.97 Å². The highest BCUT2D eigenvalue weighted by molar-refractivity contribution is 7.17. The van der Waals surface area contributed by atoms with Crippen molar-refractivity contribution in [2.75, 3.05) is 10.6 Å². The molecule has 2 N–H and O–H groups in total. The largest absolute Gasteiger partial charge is 0.356 e. The van der Waals surface area contributed by atoms with Crippen LogP contribution < -0.4 is 10.6 Å². The summed E-state index contributed by atoms with van der Waals surface area (Å²) in [6, 6.07) is 28.7. The third-order valence-electron chi connectivity index (χ3n) is 4.67. The van der Waals surface area contributed by atoms with Gasteiger partial charge in [-0.25, -0.2) is 9.97 Å². The van der Waals surface area contributed by atoms with Crippen molar-refractivity contribution in [2.24, 2.45) is 0 Å². The van der Waals surface area contributed by atoms with E-state index in [4.69, 9.17) is 0 Å². The zero-order valence-electron chi connectivity index (χ0n) is 15.5. The van der Waals surface area contributed by atoms with Crippen LogP contribution >= 0.6 is 11.3 Å². The SMILES string of the molecule is c1ccc(Nc2ccc(Nc3ncnc4scc(-c5ccccc5)c34)cc2)cc1. The molecular weight excluding hydrogens is 376 g/mol. The second-order valence-corrected chi connectivity index (χ2v) is 7.47. The van der Waals surface area contributed by atoms with Gasteiger partial charge >= 0.3 is 0 Å². The molecule has 0 atom stereocenters. The van der Waals surface area contributed by atoms with Crippen molar-refractivity contribution in [3.05, 3.63) is 96.6 Å². The van der Waals surface area contributed by atoms with Gasteiger partial charge in [0.2, 0.25) is 0 Å². The molecule has 0 aliphatic carbocycles. The predicted octanol–water partition coefficient (Wildman–Crippen LogP) is 6.85. The molecule has 0 spiro atoms. The van der Waals surface area contributed by atoms with Gasteiger partial charge in [0.1, 0.15) is 17.0 Å². The molecule has 5 heteroatoms. The van der Waals surface area contributed by atoms with Crippen LogP contribution in [0.2, 0.25) is 0 Å². The molecule has 0 fully saturated rings. The van der Waals surface area contributed by atoms with Crippen LogP contribution in [0.5, 0.6) is 0 Å². The molecular formula is C24H18N4S. The maximum absolute atomic E-state index is 4.52. The Labute approximate surface area is 172 Å². The summed E-state index contributed by atoms with van der Waals surface area (Å²) in [4.78, 5) is 9.94. The van der Waals surface area contributed by atoms with Crippen LogP contribution in [-0.4, -0.2) is 9.97 Å². The molecule has 3 aromatic carbocycles. The second-order valence-electron chi connectivity index (χ2n) is 6.61. The lowest BCUT2D eigenvalue weighted by atomic mass is 10.1. The Hall–Kier alpha value is -3.70. The van der Waals surface area contributed by atoms with E-state index >= 15 is 0 Å². The summed E-state index contributed by atoms with van der Waals surface area (Å²) in [5.74, 6) is 0.818. The van der Waals surface area contributed by atoms with Crippen LogP contribution in [0.15, 0.2) is 96.6 Å². The number of hydrogen-bond donors (Lipinski definition) is 2. The topological polar surface area (TPSA) is 49.8 Å². The minimum absolute atomic E-state index is 0.818. The minimum Gasteiger partial charge on any atom is -0.356 e. The fraction of sp³-hybridized carbons (Fsp3) is 0. The Morgan fingerprint density at radius 1 is 0.621 bits per heavy atom. The zero-order chi connectivity index (χ0) is 19.5. The summed E-state index contributed by atoms with van der Waals surface area (Å²) in [5, 5.41) is 10.1. The molecule has 0 amide bonds. The van der Waals surface area contributed by atoms with Crippen LogP contribution in [0, 0.1) is 0 Å². The van der Waals surface area contributed by atoms with Crippen molar-refractivity contribution >= 4 is 44.4 Å². The fourth-order valence-corrected chi connectivity index (χ4v) is 4.18. The Kier molecular flexibility index (Phi) is 4.64. The minimum atomic E-state index is 0.818. The number of thiophene rings is 1. The number of anilines is 4. The summed E-state index contributed by atoms with van der Waals surface area (Å²) in [6.45, 7) is 0. The number of nitrogens with one attached hydrogen (secondary N) is 2. The zero-order valence-corrected chi connectivity index (χ0v) is 16.4. The van der Waals surface area contributed by atoms with Crippen LogP contribution in [-0.2, 0) is 0 Å². The average Bonchev–Trinajstić information content (AvgIpc) is 3.22. The molecule has 0 aliphatic rings. The number of rotatable bonds is 5. The molecule has 0 saturated carbocycles. The lowest BCUT2D eigenvalue weighted by Gasteiger charge is -2.10. The number of benzene rings is 3. The normalized spacial score (nSPS) is 10.8. The third-order valence-corrected chi connectivity index (χ3v) is 5.55. The summed E-state index contributed by atoms with van der Waals surface area (Å²) in [5.41, 5.74) is 5.40. The van der Waals surface area contributed by atoms with Crippen LogP contribution in [0.4, 0.5) is 22.9 Å². The Morgan fingerprint density at radius 3 is 1.97 bits per heavy atom. The van der Waals surface area contributed by atoms with Crippen molar-refractivity contribution in [1.29, 1.82) is 0 Å². The lowest BCUT2D eigenvalue weighted by molar-refractivity contribution is 1.23. The Morgan fingerprint density at radius 2 is 1.24 bits per heavy atom. The first-order valence-corrected chi connectivity index (χ1v) is 10.2. The van der Waals surface area contributed by atoms with Crippen molar-refractivity contribution in [3.63, 3.8) is 0 Å². The van der Waals surface area contributed by atoms with E-state index in [0.717, 1.165) is 38.7 Å². The van der Waals surface area contributed by atoms with Crippen LogP contribution in [0.3, 0.4) is 0 Å². The first kappa shape index (κ1) is 17.4. The van der Waals surface area contributed by atoms with E-state index in [2.05, 4.69) is 50.2 Å². The van der Waals surface area contributed by atoms with Gasteiger partial charge in [-0.15, -0.1) is 11.3 Å². The molecule has 5 aromatic rings. The maximum atomic E-state index is 4.52. The Bertz CT molecular complexity index is 1230. The van der Waals surface area contributed by atoms with Crippen LogP contribution in [0.25, 0.3) is 21.3 Å². The van der Waals surface area contributed by atoms with Gasteiger partial charge in [-0.3, -0.25) is 0 Å². The number of nitrogens with zero attached hydrogens (tertiary/aromatic N) is 2. The summed E-state index contributed by atoms with van der Waals surface area (Å²) < 4.78 is 0. The summed E-state index contributed by atoms with van der Waals surface area (Å²) in [7, 11) is 0.